The van der Waals surface area contributed by atoms with E-state index in [-0.39, 0.29) is 22.6 Å². The predicted molar refractivity (Wildman–Crippen MR) is 134 cm³/mol. The maximum atomic E-state index is 15.3. The smallest absolute Gasteiger partial charge is 0.586 e. The molecule has 1 aliphatic heterocycles. The van der Waals surface area contributed by atoms with Crippen LogP contribution >= 0.6 is 0 Å². The summed E-state index contributed by atoms with van der Waals surface area (Å²) in [6, 6.07) is 9.43. The first-order valence-corrected chi connectivity index (χ1v) is 12.4. The van der Waals surface area contributed by atoms with Gasteiger partial charge in [0.2, 0.25) is 0 Å². The van der Waals surface area contributed by atoms with Crippen molar-refractivity contribution in [1.29, 1.82) is 0 Å². The molecule has 0 bridgehead atoms. The molecule has 2 heterocycles. The van der Waals surface area contributed by atoms with Crippen molar-refractivity contribution in [2.24, 2.45) is 4.99 Å². The molecule has 1 fully saturated rings. The van der Waals surface area contributed by atoms with Gasteiger partial charge in [-0.3, -0.25) is 4.99 Å². The Hall–Kier alpha value is -3.20. The van der Waals surface area contributed by atoms with Crippen LogP contribution in [0.3, 0.4) is 0 Å². The van der Waals surface area contributed by atoms with Crippen molar-refractivity contribution in [2.75, 3.05) is 27.7 Å². The van der Waals surface area contributed by atoms with Gasteiger partial charge in [0.1, 0.15) is 0 Å². The highest BCUT2D eigenvalue weighted by atomic mass is 19.3. The number of hydrogen-bond donors (Lipinski definition) is 0. The molecule has 37 heavy (non-hydrogen) atoms. The lowest BCUT2D eigenvalue weighted by Gasteiger charge is -2.27. The predicted octanol–water partition coefficient (Wildman–Crippen LogP) is 5.23. The molecule has 0 unspecified atom stereocenters. The average molecular weight is 516 g/mol. The fourth-order valence-corrected chi connectivity index (χ4v) is 4.83. The first-order chi connectivity index (χ1) is 17.1. The van der Waals surface area contributed by atoms with Gasteiger partial charge in [0.05, 0.1) is 45.4 Å². The maximum Gasteiger partial charge on any atom is 0.586 e. The lowest BCUT2D eigenvalue weighted by Crippen LogP contribution is -2.38. The SMILES string of the molecule is CC(C)(C)c1cc2cc(N=C([O-])C3(c4ccc5c(c4)OC(F)(F)O5)CC3)c(F)cc2n1CC[N+](C)(C)C. The van der Waals surface area contributed by atoms with E-state index in [1.807, 2.05) is 6.07 Å². The number of alkyl halides is 2. The van der Waals surface area contributed by atoms with Crippen LogP contribution in [0.1, 0.15) is 44.9 Å². The van der Waals surface area contributed by atoms with Crippen LogP contribution < -0.4 is 14.6 Å². The van der Waals surface area contributed by atoms with Crippen molar-refractivity contribution in [3.8, 4) is 11.5 Å². The Bertz CT molecular complexity index is 1410. The van der Waals surface area contributed by atoms with E-state index in [1.165, 1.54) is 18.2 Å². The number of fused-ring (bicyclic) bond motifs is 2. The zero-order chi connectivity index (χ0) is 27.0. The molecule has 1 saturated carbocycles. The highest BCUT2D eigenvalue weighted by Crippen LogP contribution is 2.52. The molecular formula is C28H32F3N3O3. The third-order valence-corrected chi connectivity index (χ3v) is 7.07. The number of rotatable bonds is 6. The van der Waals surface area contributed by atoms with Gasteiger partial charge >= 0.3 is 6.29 Å². The second-order valence-electron chi connectivity index (χ2n) is 12.1. The van der Waals surface area contributed by atoms with E-state index in [9.17, 15) is 13.9 Å². The largest absolute Gasteiger partial charge is 0.861 e. The number of ether oxygens (including phenoxy) is 2. The van der Waals surface area contributed by atoms with Crippen molar-refractivity contribution in [2.45, 2.75) is 57.3 Å². The van der Waals surface area contributed by atoms with Crippen molar-refractivity contribution in [1.82, 2.24) is 4.57 Å². The number of benzene rings is 2. The zero-order valence-electron chi connectivity index (χ0n) is 22.0. The second-order valence-corrected chi connectivity index (χ2v) is 12.1. The van der Waals surface area contributed by atoms with E-state index in [0.717, 1.165) is 34.2 Å². The van der Waals surface area contributed by atoms with Gasteiger partial charge in [0, 0.05) is 28.0 Å². The molecule has 0 atom stereocenters. The second kappa shape index (κ2) is 8.15. The summed E-state index contributed by atoms with van der Waals surface area (Å²) >= 11 is 0. The Morgan fingerprint density at radius 3 is 2.35 bits per heavy atom. The van der Waals surface area contributed by atoms with Crippen LogP contribution in [0.2, 0.25) is 0 Å². The van der Waals surface area contributed by atoms with Gasteiger partial charge in [-0.1, -0.05) is 26.8 Å². The van der Waals surface area contributed by atoms with Crippen LogP contribution in [0.25, 0.3) is 10.9 Å². The highest BCUT2D eigenvalue weighted by Gasteiger charge is 2.48. The summed E-state index contributed by atoms with van der Waals surface area (Å²) in [5, 5.41) is 14.1. The number of aromatic nitrogens is 1. The quantitative estimate of drug-likeness (QED) is 0.257. The molecule has 3 aromatic rings. The third kappa shape index (κ3) is 4.77. The number of likely N-dealkylation sites (N-methyl/N-ethyl adjacent to an activating group) is 1. The van der Waals surface area contributed by atoms with Crippen LogP contribution in [-0.4, -0.2) is 48.9 Å². The highest BCUT2D eigenvalue weighted by molar-refractivity contribution is 5.92. The van der Waals surface area contributed by atoms with E-state index in [4.69, 9.17) is 0 Å². The van der Waals surface area contributed by atoms with E-state index in [0.29, 0.717) is 18.4 Å². The molecule has 0 saturated heterocycles. The average Bonchev–Trinajstić information content (AvgIpc) is 3.40. The van der Waals surface area contributed by atoms with Gasteiger partial charge in [-0.25, -0.2) is 4.39 Å². The zero-order valence-corrected chi connectivity index (χ0v) is 22.0. The number of nitrogens with zero attached hydrogens (tertiary/aromatic N) is 3. The molecule has 2 aromatic carbocycles. The molecule has 5 rings (SSSR count). The fraction of sp³-hybridized carbons (Fsp3) is 0.464. The fourth-order valence-electron chi connectivity index (χ4n) is 4.83. The van der Waals surface area contributed by atoms with Crippen LogP contribution in [0, 0.1) is 5.82 Å². The molecule has 2 aliphatic rings. The van der Waals surface area contributed by atoms with E-state index in [1.54, 1.807) is 12.1 Å². The Balaban J connectivity index is 1.51. The van der Waals surface area contributed by atoms with Crippen molar-refractivity contribution < 1.29 is 32.2 Å². The number of aliphatic imine (C=N–C) groups is 1. The summed E-state index contributed by atoms with van der Waals surface area (Å²) in [5.41, 5.74) is 1.17. The van der Waals surface area contributed by atoms with Crippen LogP contribution in [0.15, 0.2) is 41.4 Å². The minimum Gasteiger partial charge on any atom is -0.861 e. The first-order valence-electron chi connectivity index (χ1n) is 12.4. The Labute approximate surface area is 214 Å². The summed E-state index contributed by atoms with van der Waals surface area (Å²) in [7, 11) is 6.35. The molecular weight excluding hydrogens is 483 g/mol. The van der Waals surface area contributed by atoms with Gasteiger partial charge in [-0.15, -0.1) is 8.78 Å². The lowest BCUT2D eigenvalue weighted by molar-refractivity contribution is -0.870. The normalized spacial score (nSPS) is 18.5. The molecule has 0 radical (unpaired) electrons. The van der Waals surface area contributed by atoms with Crippen LogP contribution in [0.5, 0.6) is 11.5 Å². The Morgan fingerprint density at radius 2 is 1.73 bits per heavy atom. The van der Waals surface area contributed by atoms with Crippen LogP contribution in [-0.2, 0) is 17.4 Å². The van der Waals surface area contributed by atoms with Crippen molar-refractivity contribution in [3.05, 3.63) is 53.5 Å². The van der Waals surface area contributed by atoms with Gasteiger partial charge in [0.25, 0.3) is 0 Å². The molecule has 198 valence electrons. The molecule has 0 amide bonds. The van der Waals surface area contributed by atoms with Gasteiger partial charge < -0.3 is 23.6 Å². The standard InChI is InChI=1S/C28H32F3N3O3/c1-26(2,3)24-14-17-13-20(19(29)16-21(17)33(24)11-12-34(4,5)6)32-25(35)27(9-10-27)18-7-8-22-23(15-18)37-28(30,31)36-22/h7-8,13-16H,9-12H2,1-6H3. The summed E-state index contributed by atoms with van der Waals surface area (Å²) in [6.45, 7) is 7.94. The van der Waals surface area contributed by atoms with Gasteiger partial charge in [-0.2, -0.15) is 0 Å². The summed E-state index contributed by atoms with van der Waals surface area (Å²) in [5.74, 6) is -1.29. The maximum absolute atomic E-state index is 15.3. The topological polar surface area (TPSA) is 58.8 Å². The number of quaternary nitrogens is 1. The van der Waals surface area contributed by atoms with E-state index in [2.05, 4.69) is 60.9 Å². The monoisotopic (exact) mass is 515 g/mol. The van der Waals surface area contributed by atoms with Crippen molar-refractivity contribution >= 4 is 22.5 Å². The third-order valence-electron chi connectivity index (χ3n) is 7.07. The number of halogens is 3. The van der Waals surface area contributed by atoms with Crippen molar-refractivity contribution in [3.63, 3.8) is 0 Å². The Morgan fingerprint density at radius 1 is 1.05 bits per heavy atom. The summed E-state index contributed by atoms with van der Waals surface area (Å²) < 4.78 is 54.1. The molecule has 9 heteroatoms. The molecule has 1 aromatic heterocycles. The van der Waals surface area contributed by atoms with Gasteiger partial charge in [0.15, 0.2) is 17.3 Å². The lowest BCUT2D eigenvalue weighted by atomic mass is 9.92. The summed E-state index contributed by atoms with van der Waals surface area (Å²) in [6.07, 6.45) is -2.76. The van der Waals surface area contributed by atoms with Gasteiger partial charge in [-0.05, 0) is 48.6 Å². The molecule has 6 nitrogen and oxygen atoms in total. The first kappa shape index (κ1) is 25.4. The Kier molecular flexibility index (Phi) is 5.60. The minimum absolute atomic E-state index is 0.0275. The van der Waals surface area contributed by atoms with Crippen LogP contribution in [0.4, 0.5) is 18.9 Å². The molecule has 0 N–H and O–H groups in total. The van der Waals surface area contributed by atoms with E-state index < -0.39 is 23.4 Å². The van der Waals surface area contributed by atoms with E-state index >= 15 is 4.39 Å². The summed E-state index contributed by atoms with van der Waals surface area (Å²) in [4.78, 5) is 4.18. The molecule has 0 spiro atoms. The molecule has 1 aliphatic carbocycles. The minimum atomic E-state index is -3.74. The number of hydrogen-bond acceptors (Lipinski definition) is 4.